The predicted molar refractivity (Wildman–Crippen MR) is 108 cm³/mol. The first-order valence-corrected chi connectivity index (χ1v) is 9.66. The van der Waals surface area contributed by atoms with Gasteiger partial charge in [-0.3, -0.25) is 9.63 Å². The van der Waals surface area contributed by atoms with Crippen molar-refractivity contribution in [3.8, 4) is 11.8 Å². The zero-order valence-corrected chi connectivity index (χ0v) is 16.4. The van der Waals surface area contributed by atoms with Gasteiger partial charge in [-0.05, 0) is 37.8 Å². The Kier molecular flexibility index (Phi) is 5.98. The molecule has 1 atom stereocenters. The Balaban J connectivity index is 1.94. The van der Waals surface area contributed by atoms with Gasteiger partial charge in [0.25, 0.3) is 5.91 Å². The number of rotatable bonds is 6. The Hall–Kier alpha value is -2.57. The van der Waals surface area contributed by atoms with E-state index >= 15 is 0 Å². The van der Waals surface area contributed by atoms with Gasteiger partial charge in [0.15, 0.2) is 5.54 Å². The third-order valence-electron chi connectivity index (χ3n) is 5.13. The summed E-state index contributed by atoms with van der Waals surface area (Å²) < 4.78 is 0. The molecule has 0 radical (unpaired) electrons. The van der Waals surface area contributed by atoms with Crippen molar-refractivity contribution in [1.29, 1.82) is 0 Å². The Morgan fingerprint density at radius 2 is 1.93 bits per heavy atom. The van der Waals surface area contributed by atoms with Crippen LogP contribution in [0.5, 0.6) is 0 Å². The number of hydroxylamine groups is 2. The summed E-state index contributed by atoms with van der Waals surface area (Å²) in [5, 5.41) is 1.49. The number of unbranched alkanes of at least 4 members (excludes halogenated alkanes) is 1. The molecule has 0 spiro atoms. The van der Waals surface area contributed by atoms with Crippen molar-refractivity contribution in [2.24, 2.45) is 0 Å². The van der Waals surface area contributed by atoms with E-state index in [0.29, 0.717) is 5.56 Å². The molecule has 2 aromatic rings. The third kappa shape index (κ3) is 3.77. The topological polar surface area (TPSA) is 29.5 Å². The zero-order chi connectivity index (χ0) is 19.3. The summed E-state index contributed by atoms with van der Waals surface area (Å²) in [6.07, 6.45) is 4.45. The summed E-state index contributed by atoms with van der Waals surface area (Å²) >= 11 is 0. The van der Waals surface area contributed by atoms with E-state index in [2.05, 4.69) is 37.0 Å². The van der Waals surface area contributed by atoms with Gasteiger partial charge in [-0.1, -0.05) is 67.3 Å². The molecule has 0 bridgehead atoms. The monoisotopic (exact) mass is 361 g/mol. The number of nitrogens with zero attached hydrogens (tertiary/aromatic N) is 1. The molecule has 3 heteroatoms. The van der Waals surface area contributed by atoms with E-state index in [0.717, 1.165) is 43.2 Å². The second-order valence-electron chi connectivity index (χ2n) is 7.08. The van der Waals surface area contributed by atoms with Crippen molar-refractivity contribution in [1.82, 2.24) is 5.06 Å². The van der Waals surface area contributed by atoms with Crippen LogP contribution in [0.2, 0.25) is 0 Å². The van der Waals surface area contributed by atoms with Crippen LogP contribution < -0.4 is 0 Å². The molecule has 1 aliphatic heterocycles. The molecule has 1 amide bonds. The number of fused-ring (bicyclic) bond motifs is 1. The maximum absolute atomic E-state index is 12.9. The van der Waals surface area contributed by atoms with Crippen molar-refractivity contribution in [3.05, 3.63) is 70.8 Å². The first-order chi connectivity index (χ1) is 13.1. The quantitative estimate of drug-likeness (QED) is 0.675. The highest BCUT2D eigenvalue weighted by Gasteiger charge is 2.49. The highest BCUT2D eigenvalue weighted by Crippen LogP contribution is 2.43. The van der Waals surface area contributed by atoms with E-state index < -0.39 is 5.54 Å². The van der Waals surface area contributed by atoms with Crippen molar-refractivity contribution < 1.29 is 9.63 Å². The Morgan fingerprint density at radius 3 is 2.63 bits per heavy atom. The molecule has 1 unspecified atom stereocenters. The maximum atomic E-state index is 12.9. The number of carbonyl (C=O) groups excluding carboxylic acids is 1. The number of hydrogen-bond donors (Lipinski definition) is 0. The molecule has 140 valence electrons. The Labute approximate surface area is 162 Å². The van der Waals surface area contributed by atoms with Crippen LogP contribution >= 0.6 is 0 Å². The predicted octanol–water partition coefficient (Wildman–Crippen LogP) is 5.03. The van der Waals surface area contributed by atoms with Gasteiger partial charge in [0.2, 0.25) is 0 Å². The smallest absolute Gasteiger partial charge is 0.272 e. The minimum atomic E-state index is -0.693. The first kappa shape index (κ1) is 19.2. The molecule has 0 fully saturated rings. The van der Waals surface area contributed by atoms with Gasteiger partial charge < -0.3 is 0 Å². The lowest BCUT2D eigenvalue weighted by Gasteiger charge is -2.32. The van der Waals surface area contributed by atoms with E-state index in [1.807, 2.05) is 37.3 Å². The minimum absolute atomic E-state index is 0.0929. The molecule has 0 aromatic heterocycles. The van der Waals surface area contributed by atoms with Crippen LogP contribution in [-0.2, 0) is 16.8 Å². The number of benzene rings is 2. The van der Waals surface area contributed by atoms with E-state index in [9.17, 15) is 4.79 Å². The second kappa shape index (κ2) is 8.41. The Morgan fingerprint density at radius 1 is 1.15 bits per heavy atom. The van der Waals surface area contributed by atoms with Crippen LogP contribution in [0.15, 0.2) is 48.5 Å². The molecule has 1 heterocycles. The molecule has 1 aliphatic rings. The van der Waals surface area contributed by atoms with Gasteiger partial charge >= 0.3 is 0 Å². The fourth-order valence-corrected chi connectivity index (χ4v) is 3.74. The second-order valence-corrected chi connectivity index (χ2v) is 7.08. The van der Waals surface area contributed by atoms with Crippen molar-refractivity contribution in [2.45, 2.75) is 51.5 Å². The number of amides is 1. The summed E-state index contributed by atoms with van der Waals surface area (Å²) in [5.41, 5.74) is 3.34. The number of hydrogen-bond acceptors (Lipinski definition) is 2. The van der Waals surface area contributed by atoms with Crippen molar-refractivity contribution >= 4 is 5.91 Å². The fraction of sp³-hybridized carbons (Fsp3) is 0.375. The van der Waals surface area contributed by atoms with Gasteiger partial charge in [0.1, 0.15) is 0 Å². The van der Waals surface area contributed by atoms with Gasteiger partial charge in [-0.2, -0.15) is 5.06 Å². The van der Waals surface area contributed by atoms with Gasteiger partial charge in [-0.15, -0.1) is 5.92 Å². The van der Waals surface area contributed by atoms with E-state index in [4.69, 9.17) is 4.84 Å². The average molecular weight is 361 g/mol. The minimum Gasteiger partial charge on any atom is -0.272 e. The van der Waals surface area contributed by atoms with Crippen LogP contribution in [0.25, 0.3) is 0 Å². The molecule has 0 N–H and O–H groups in total. The molecular weight excluding hydrogens is 334 g/mol. The lowest BCUT2D eigenvalue weighted by molar-refractivity contribution is -0.143. The van der Waals surface area contributed by atoms with E-state index in [1.165, 1.54) is 10.6 Å². The standard InChI is InChI=1S/C24H27NO2/c1-4-5-16-24(17-10-9-13-20-11-7-6-8-12-20)22-15-14-19(2)18-21(22)23(26)25(24)27-3/h6-8,11-12,14-15,18H,4-5,9,13,16H2,1-3H3. The SMILES string of the molecule is CCCCC1(C#CCCc2ccccc2)c2ccc(C)cc2C(=O)N1OC. The summed E-state index contributed by atoms with van der Waals surface area (Å²) in [7, 11) is 1.56. The summed E-state index contributed by atoms with van der Waals surface area (Å²) in [5.74, 6) is 6.69. The van der Waals surface area contributed by atoms with E-state index in [1.54, 1.807) is 7.11 Å². The fourth-order valence-electron chi connectivity index (χ4n) is 3.74. The van der Waals surface area contributed by atoms with Crippen LogP contribution in [-0.4, -0.2) is 18.1 Å². The molecule has 2 aromatic carbocycles. The van der Waals surface area contributed by atoms with Crippen LogP contribution in [0, 0.1) is 18.8 Å². The molecule has 27 heavy (non-hydrogen) atoms. The molecule has 3 nitrogen and oxygen atoms in total. The molecular formula is C24H27NO2. The van der Waals surface area contributed by atoms with Gasteiger partial charge in [0, 0.05) is 17.5 Å². The highest BCUT2D eigenvalue weighted by molar-refractivity contribution is 6.00. The highest BCUT2D eigenvalue weighted by atomic mass is 16.7. The normalized spacial score (nSPS) is 18.2. The molecule has 0 saturated carbocycles. The summed E-state index contributed by atoms with van der Waals surface area (Å²) in [6.45, 7) is 4.16. The van der Waals surface area contributed by atoms with Crippen molar-refractivity contribution in [3.63, 3.8) is 0 Å². The maximum Gasteiger partial charge on any atom is 0.279 e. The first-order valence-electron chi connectivity index (χ1n) is 9.66. The summed E-state index contributed by atoms with van der Waals surface area (Å²) in [4.78, 5) is 18.5. The average Bonchev–Trinajstić information content (AvgIpc) is 2.92. The van der Waals surface area contributed by atoms with Crippen LogP contribution in [0.1, 0.15) is 59.7 Å². The van der Waals surface area contributed by atoms with Crippen LogP contribution in [0.4, 0.5) is 0 Å². The van der Waals surface area contributed by atoms with Gasteiger partial charge in [0.05, 0.1) is 7.11 Å². The lowest BCUT2D eigenvalue weighted by Crippen LogP contribution is -2.42. The summed E-state index contributed by atoms with van der Waals surface area (Å²) in [6, 6.07) is 16.4. The molecule has 0 saturated heterocycles. The molecule has 0 aliphatic carbocycles. The number of aryl methyl sites for hydroxylation is 2. The third-order valence-corrected chi connectivity index (χ3v) is 5.13. The Bertz CT molecular complexity index is 863. The van der Waals surface area contributed by atoms with Crippen LogP contribution in [0.3, 0.4) is 0 Å². The number of carbonyl (C=O) groups is 1. The molecule has 3 rings (SSSR count). The van der Waals surface area contributed by atoms with Gasteiger partial charge in [-0.25, -0.2) is 0 Å². The lowest BCUT2D eigenvalue weighted by atomic mass is 9.85. The zero-order valence-electron chi connectivity index (χ0n) is 16.4. The largest absolute Gasteiger partial charge is 0.279 e. The van der Waals surface area contributed by atoms with Crippen molar-refractivity contribution in [2.75, 3.05) is 7.11 Å². The van der Waals surface area contributed by atoms with E-state index in [-0.39, 0.29) is 5.91 Å².